The van der Waals surface area contributed by atoms with E-state index in [4.69, 9.17) is 2.74 Å². The van der Waals surface area contributed by atoms with Crippen LogP contribution in [0, 0.1) is 0 Å². The molecule has 0 heterocycles. The molecule has 0 radical (unpaired) electrons. The number of amides is 1. The Labute approximate surface area is 124 Å². The van der Waals surface area contributed by atoms with E-state index in [1.165, 1.54) is 0 Å². The summed E-state index contributed by atoms with van der Waals surface area (Å²) in [5.41, 5.74) is 1.41. The summed E-state index contributed by atoms with van der Waals surface area (Å²) < 4.78 is 16.7. The Hall–Kier alpha value is -0.616. The third kappa shape index (κ3) is 8.21. The summed E-state index contributed by atoms with van der Waals surface area (Å²) in [6, 6.07) is 0. The number of nitrogens with zero attached hydrogens (tertiary/aromatic N) is 1. The van der Waals surface area contributed by atoms with E-state index in [-0.39, 0.29) is 5.91 Å². The molecule has 2 nitrogen and oxygen atoms in total. The number of hydrogen-bond acceptors (Lipinski definition) is 1. The number of carbonyl (C=O) groups is 1. The summed E-state index contributed by atoms with van der Waals surface area (Å²) in [6.45, 7) is 17.6. The van der Waals surface area contributed by atoms with E-state index in [0.29, 0.717) is 30.0 Å². The number of carbonyl (C=O) groups excluding carboxylic acids is 1. The van der Waals surface area contributed by atoms with Crippen molar-refractivity contribution in [2.24, 2.45) is 0 Å². The maximum absolute atomic E-state index is 12.7. The fourth-order valence-electron chi connectivity index (χ4n) is 1.53. The molecule has 0 rings (SSSR count). The molecule has 0 aromatic carbocycles. The van der Waals surface area contributed by atoms with Crippen molar-refractivity contribution in [2.75, 3.05) is 13.1 Å². The Morgan fingerprint density at radius 3 is 1.84 bits per heavy atom. The molecule has 0 aromatic rings. The molecule has 110 valence electrons. The fourth-order valence-corrected chi connectivity index (χ4v) is 3.09. The Morgan fingerprint density at radius 2 is 1.53 bits per heavy atom. The lowest BCUT2D eigenvalue weighted by atomic mass is 10.2. The molecule has 4 heteroatoms. The normalized spacial score (nSPS) is 16.5. The van der Waals surface area contributed by atoms with Crippen LogP contribution in [0.4, 0.5) is 0 Å². The van der Waals surface area contributed by atoms with Crippen LogP contribution in [0.2, 0.25) is 39.3 Å². The molecule has 1 amide bonds. The van der Waals surface area contributed by atoms with Gasteiger partial charge in [0.05, 0.1) is 18.9 Å². The molecule has 0 fully saturated rings. The van der Waals surface area contributed by atoms with Crippen molar-refractivity contribution in [3.63, 3.8) is 0 Å². The first-order valence-electron chi connectivity index (χ1n) is 8.05. The highest BCUT2D eigenvalue weighted by Gasteiger charge is 2.19. The number of rotatable bonds is 6. The topological polar surface area (TPSA) is 20.3 Å². The van der Waals surface area contributed by atoms with Crippen molar-refractivity contribution in [1.29, 1.82) is 0 Å². The molecule has 0 N–H and O–H groups in total. The molecule has 0 unspecified atom stereocenters. The van der Waals surface area contributed by atoms with Crippen LogP contribution in [-0.2, 0) is 4.79 Å². The first-order chi connectivity index (χ1) is 9.36. The largest absolute Gasteiger partial charge is 0.339 e. The smallest absolute Gasteiger partial charge is 0.253 e. The standard InChI is InChI=1S/C15H31NOSi2/c1-9-16(10-2)15(17)14(13-19(6,7)8)11-12-18(3,4)5/h11-13H,9-10H2,1-8H3/b12-11+,14-13-/i12D,13D. The monoisotopic (exact) mass is 299 g/mol. The minimum absolute atomic E-state index is 0.101. The van der Waals surface area contributed by atoms with Gasteiger partial charge in [0.2, 0.25) is 0 Å². The van der Waals surface area contributed by atoms with E-state index in [9.17, 15) is 4.79 Å². The minimum Gasteiger partial charge on any atom is -0.339 e. The highest BCUT2D eigenvalue weighted by molar-refractivity contribution is 6.82. The van der Waals surface area contributed by atoms with Crippen LogP contribution in [0.25, 0.3) is 0 Å². The number of likely N-dealkylation sites (N-methyl/N-ethyl adjacent to an activating group) is 1. The van der Waals surface area contributed by atoms with Crippen molar-refractivity contribution in [1.82, 2.24) is 4.90 Å². The second-order valence-corrected chi connectivity index (χ2v) is 16.3. The van der Waals surface area contributed by atoms with Gasteiger partial charge in [-0.25, -0.2) is 0 Å². The van der Waals surface area contributed by atoms with Crippen LogP contribution < -0.4 is 0 Å². The van der Waals surface area contributed by atoms with Crippen molar-refractivity contribution in [2.45, 2.75) is 53.1 Å². The molecule has 0 aliphatic heterocycles. The molecule has 0 aliphatic rings. The van der Waals surface area contributed by atoms with E-state index in [2.05, 4.69) is 39.3 Å². The molecule has 0 bridgehead atoms. The highest BCUT2D eigenvalue weighted by Crippen LogP contribution is 2.13. The molecule has 0 atom stereocenters. The van der Waals surface area contributed by atoms with Gasteiger partial charge in [0.25, 0.3) is 5.91 Å². The summed E-state index contributed by atoms with van der Waals surface area (Å²) in [5, 5.41) is 0. The van der Waals surface area contributed by atoms with Crippen LogP contribution >= 0.6 is 0 Å². The van der Waals surface area contributed by atoms with Crippen molar-refractivity contribution in [3.05, 3.63) is 23.0 Å². The van der Waals surface area contributed by atoms with Crippen molar-refractivity contribution >= 4 is 22.1 Å². The molecule has 0 saturated heterocycles. The van der Waals surface area contributed by atoms with Gasteiger partial charge in [-0.15, -0.1) is 0 Å². The molecular weight excluding hydrogens is 266 g/mol. The van der Waals surface area contributed by atoms with Crippen LogP contribution in [0.5, 0.6) is 0 Å². The molecule has 19 heavy (non-hydrogen) atoms. The predicted octanol–water partition coefficient (Wildman–Crippen LogP) is 4.09. The summed E-state index contributed by atoms with van der Waals surface area (Å²) in [6.07, 6.45) is 1.67. The second kappa shape index (κ2) is 7.24. The zero-order valence-corrected chi connectivity index (χ0v) is 15.8. The van der Waals surface area contributed by atoms with Gasteiger partial charge in [-0.05, 0) is 13.8 Å². The molecule has 0 aromatic heterocycles. The SMILES string of the molecule is [2H]/C(=C(\C=C(/[2H])[Si](C)(C)C)C(=O)N(CC)CC)[Si](C)(C)C. The van der Waals surface area contributed by atoms with Gasteiger partial charge in [-0.1, -0.05) is 56.7 Å². The van der Waals surface area contributed by atoms with Gasteiger partial charge in [0.1, 0.15) is 0 Å². The third-order valence-electron chi connectivity index (χ3n) is 2.44. The Morgan fingerprint density at radius 1 is 1.05 bits per heavy atom. The van der Waals surface area contributed by atoms with Crippen molar-refractivity contribution < 1.29 is 7.54 Å². The Kier molecular flexibility index (Phi) is 5.64. The maximum atomic E-state index is 12.7. The minimum atomic E-state index is -1.90. The maximum Gasteiger partial charge on any atom is 0.253 e. The molecule has 0 aliphatic carbocycles. The molecule has 0 saturated carbocycles. The van der Waals surface area contributed by atoms with E-state index in [1.54, 1.807) is 11.0 Å². The van der Waals surface area contributed by atoms with E-state index in [1.807, 2.05) is 13.8 Å². The lowest BCUT2D eigenvalue weighted by Crippen LogP contribution is -2.33. The van der Waals surface area contributed by atoms with Gasteiger partial charge in [-0.2, -0.15) is 0 Å². The summed E-state index contributed by atoms with van der Waals surface area (Å²) in [7, 11) is -3.67. The first-order valence-corrected chi connectivity index (χ1v) is 14.1. The van der Waals surface area contributed by atoms with Gasteiger partial charge in [0, 0.05) is 18.7 Å². The average molecular weight is 300 g/mol. The van der Waals surface area contributed by atoms with E-state index < -0.39 is 16.1 Å². The second-order valence-electron chi connectivity index (χ2n) is 6.80. The van der Waals surface area contributed by atoms with E-state index in [0.717, 1.165) is 0 Å². The lowest BCUT2D eigenvalue weighted by molar-refractivity contribution is -0.126. The van der Waals surface area contributed by atoms with Crippen LogP contribution in [-0.4, -0.2) is 40.0 Å². The molecule has 0 spiro atoms. The summed E-state index contributed by atoms with van der Waals surface area (Å²) in [5.74, 6) is -0.101. The van der Waals surface area contributed by atoms with Gasteiger partial charge < -0.3 is 4.90 Å². The average Bonchev–Trinajstić information content (AvgIpc) is 2.33. The third-order valence-corrected chi connectivity index (χ3v) is 4.47. The Bertz CT molecular complexity index is 442. The quantitative estimate of drug-likeness (QED) is 0.411. The first kappa shape index (κ1) is 14.8. The van der Waals surface area contributed by atoms with Gasteiger partial charge in [0.15, 0.2) is 0 Å². The van der Waals surface area contributed by atoms with E-state index >= 15 is 0 Å². The fraction of sp³-hybridized carbons (Fsp3) is 0.667. The summed E-state index contributed by atoms with van der Waals surface area (Å²) in [4.78, 5) is 14.4. The Balaban J connectivity index is 6.02. The lowest BCUT2D eigenvalue weighted by Gasteiger charge is -2.21. The van der Waals surface area contributed by atoms with Crippen LogP contribution in [0.3, 0.4) is 0 Å². The number of hydrogen-bond donors (Lipinski definition) is 0. The molecular formula is C15H31NOSi2. The van der Waals surface area contributed by atoms with Crippen molar-refractivity contribution in [3.8, 4) is 0 Å². The highest BCUT2D eigenvalue weighted by atomic mass is 28.3. The van der Waals surface area contributed by atoms with Crippen LogP contribution in [0.15, 0.2) is 23.0 Å². The zero-order chi connectivity index (χ0) is 17.0. The predicted molar refractivity (Wildman–Crippen MR) is 91.8 cm³/mol. The van der Waals surface area contributed by atoms with Gasteiger partial charge in [-0.3, -0.25) is 4.79 Å². The zero-order valence-electron chi connectivity index (χ0n) is 15.8. The van der Waals surface area contributed by atoms with Gasteiger partial charge >= 0.3 is 0 Å². The summed E-state index contributed by atoms with van der Waals surface area (Å²) >= 11 is 0. The van der Waals surface area contributed by atoms with Crippen LogP contribution in [0.1, 0.15) is 16.6 Å².